The van der Waals surface area contributed by atoms with Crippen LogP contribution in [0.1, 0.15) is 6.42 Å². The number of alkyl halides is 1. The van der Waals surface area contributed by atoms with Crippen LogP contribution in [0.5, 0.6) is 0 Å². The molecule has 1 aliphatic rings. The maximum atomic E-state index is 5.19. The first-order valence-corrected chi connectivity index (χ1v) is 4.36. The summed E-state index contributed by atoms with van der Waals surface area (Å²) in [6.07, 6.45) is 5.56. The van der Waals surface area contributed by atoms with Gasteiger partial charge in [0.15, 0.2) is 0 Å². The molecule has 0 saturated carbocycles. The number of ether oxygens (including phenoxy) is 1. The highest BCUT2D eigenvalue weighted by Gasteiger charge is 2.10. The van der Waals surface area contributed by atoms with E-state index >= 15 is 0 Å². The molecule has 0 bridgehead atoms. The van der Waals surface area contributed by atoms with E-state index in [1.165, 1.54) is 6.42 Å². The molecule has 0 radical (unpaired) electrons. The Hall–Kier alpha value is 0.180. The Bertz CT molecular complexity index is 95.1. The fraction of sp³-hybridized carbons (Fsp3) is 0.714. The van der Waals surface area contributed by atoms with Crippen LogP contribution in [0.15, 0.2) is 12.2 Å². The molecule has 0 aromatic heterocycles. The molecule has 52 valence electrons. The largest absolute Gasteiger partial charge is 0.381 e. The van der Waals surface area contributed by atoms with Crippen molar-refractivity contribution in [1.29, 1.82) is 0 Å². The van der Waals surface area contributed by atoms with Gasteiger partial charge in [0.2, 0.25) is 0 Å². The van der Waals surface area contributed by atoms with Crippen LogP contribution in [0.25, 0.3) is 0 Å². The Morgan fingerprint density at radius 1 is 1.67 bits per heavy atom. The topological polar surface area (TPSA) is 9.23 Å². The van der Waals surface area contributed by atoms with E-state index in [-0.39, 0.29) is 0 Å². The fourth-order valence-corrected chi connectivity index (χ4v) is 1.16. The quantitative estimate of drug-likeness (QED) is 0.479. The van der Waals surface area contributed by atoms with Crippen LogP contribution in [0, 0.1) is 5.92 Å². The predicted octanol–water partition coefficient (Wildman–Crippen LogP) is 1.97. The normalized spacial score (nSPS) is 27.9. The highest BCUT2D eigenvalue weighted by atomic mass is 79.9. The summed E-state index contributed by atoms with van der Waals surface area (Å²) in [5.74, 6) is 0.683. The lowest BCUT2D eigenvalue weighted by Gasteiger charge is -1.95. The SMILES string of the molecule is BrC/C=C/C1CCOC1. The molecule has 0 amide bonds. The van der Waals surface area contributed by atoms with E-state index in [1.807, 2.05) is 0 Å². The molecule has 1 saturated heterocycles. The van der Waals surface area contributed by atoms with Crippen molar-refractivity contribution in [3.8, 4) is 0 Å². The molecular formula is C7H11BrO. The number of hydrogen-bond donors (Lipinski definition) is 0. The predicted molar refractivity (Wildman–Crippen MR) is 41.9 cm³/mol. The Morgan fingerprint density at radius 2 is 2.56 bits per heavy atom. The number of halogens is 1. The smallest absolute Gasteiger partial charge is 0.0529 e. The summed E-state index contributed by atoms with van der Waals surface area (Å²) >= 11 is 3.33. The fourth-order valence-electron chi connectivity index (χ4n) is 0.948. The van der Waals surface area contributed by atoms with Gasteiger partial charge < -0.3 is 4.74 Å². The third kappa shape index (κ3) is 2.50. The van der Waals surface area contributed by atoms with Crippen LogP contribution in [0.3, 0.4) is 0 Å². The lowest BCUT2D eigenvalue weighted by Crippen LogP contribution is -1.92. The minimum Gasteiger partial charge on any atom is -0.381 e. The van der Waals surface area contributed by atoms with Gasteiger partial charge in [0.1, 0.15) is 0 Å². The summed E-state index contributed by atoms with van der Waals surface area (Å²) in [7, 11) is 0. The van der Waals surface area contributed by atoms with Crippen molar-refractivity contribution in [2.45, 2.75) is 6.42 Å². The minimum absolute atomic E-state index is 0.683. The van der Waals surface area contributed by atoms with E-state index in [1.54, 1.807) is 0 Å². The summed E-state index contributed by atoms with van der Waals surface area (Å²) in [5, 5.41) is 0.962. The average molecular weight is 191 g/mol. The van der Waals surface area contributed by atoms with Crippen molar-refractivity contribution in [3.63, 3.8) is 0 Å². The Labute approximate surface area is 64.2 Å². The molecule has 1 nitrogen and oxygen atoms in total. The second-order valence-electron chi connectivity index (χ2n) is 2.21. The van der Waals surface area contributed by atoms with Crippen LogP contribution in [-0.4, -0.2) is 18.5 Å². The molecule has 1 atom stereocenters. The maximum Gasteiger partial charge on any atom is 0.0529 e. The van der Waals surface area contributed by atoms with E-state index in [9.17, 15) is 0 Å². The molecule has 9 heavy (non-hydrogen) atoms. The van der Waals surface area contributed by atoms with E-state index in [0.29, 0.717) is 5.92 Å². The van der Waals surface area contributed by atoms with Gasteiger partial charge in [0.25, 0.3) is 0 Å². The third-order valence-corrected chi connectivity index (χ3v) is 1.84. The number of rotatable bonds is 2. The van der Waals surface area contributed by atoms with Gasteiger partial charge in [0.05, 0.1) is 6.61 Å². The van der Waals surface area contributed by atoms with E-state index < -0.39 is 0 Å². The summed E-state index contributed by atoms with van der Waals surface area (Å²) < 4.78 is 5.19. The molecule has 2 heteroatoms. The Morgan fingerprint density at radius 3 is 3.11 bits per heavy atom. The molecular weight excluding hydrogens is 180 g/mol. The minimum atomic E-state index is 0.683. The van der Waals surface area contributed by atoms with Gasteiger partial charge in [-0.05, 0) is 6.42 Å². The molecule has 0 aromatic rings. The zero-order valence-electron chi connectivity index (χ0n) is 5.35. The van der Waals surface area contributed by atoms with E-state index in [0.717, 1.165) is 18.5 Å². The molecule has 1 fully saturated rings. The van der Waals surface area contributed by atoms with Crippen molar-refractivity contribution in [2.75, 3.05) is 18.5 Å². The van der Waals surface area contributed by atoms with Crippen LogP contribution in [-0.2, 0) is 4.74 Å². The van der Waals surface area contributed by atoms with Crippen LogP contribution >= 0.6 is 15.9 Å². The van der Waals surface area contributed by atoms with Gasteiger partial charge in [-0.2, -0.15) is 0 Å². The number of hydrogen-bond acceptors (Lipinski definition) is 1. The first-order chi connectivity index (χ1) is 4.43. The average Bonchev–Trinajstić information content (AvgIpc) is 2.34. The van der Waals surface area contributed by atoms with Gasteiger partial charge in [-0.3, -0.25) is 0 Å². The van der Waals surface area contributed by atoms with Gasteiger partial charge in [-0.25, -0.2) is 0 Å². The maximum absolute atomic E-state index is 5.19. The Balaban J connectivity index is 2.18. The van der Waals surface area contributed by atoms with Crippen LogP contribution < -0.4 is 0 Å². The van der Waals surface area contributed by atoms with Crippen molar-refractivity contribution >= 4 is 15.9 Å². The van der Waals surface area contributed by atoms with Crippen LogP contribution in [0.2, 0.25) is 0 Å². The zero-order valence-corrected chi connectivity index (χ0v) is 6.93. The third-order valence-electron chi connectivity index (χ3n) is 1.46. The van der Waals surface area contributed by atoms with Crippen molar-refractivity contribution in [2.24, 2.45) is 5.92 Å². The lowest BCUT2D eigenvalue weighted by atomic mass is 10.1. The van der Waals surface area contributed by atoms with Crippen molar-refractivity contribution < 1.29 is 4.74 Å². The van der Waals surface area contributed by atoms with Gasteiger partial charge in [-0.1, -0.05) is 28.1 Å². The summed E-state index contributed by atoms with van der Waals surface area (Å²) in [4.78, 5) is 0. The standard InChI is InChI=1S/C7H11BrO/c8-4-1-2-7-3-5-9-6-7/h1-2,7H,3-6H2/b2-1+. The van der Waals surface area contributed by atoms with E-state index in [4.69, 9.17) is 4.74 Å². The lowest BCUT2D eigenvalue weighted by molar-refractivity contribution is 0.191. The zero-order chi connectivity index (χ0) is 6.53. The molecule has 0 spiro atoms. The molecule has 1 heterocycles. The summed E-state index contributed by atoms with van der Waals surface area (Å²) in [6.45, 7) is 1.86. The second-order valence-corrected chi connectivity index (χ2v) is 2.85. The second kappa shape index (κ2) is 4.07. The highest BCUT2D eigenvalue weighted by Crippen LogP contribution is 2.13. The number of allylic oxidation sites excluding steroid dienone is 1. The van der Waals surface area contributed by atoms with Crippen molar-refractivity contribution in [3.05, 3.63) is 12.2 Å². The van der Waals surface area contributed by atoms with Gasteiger partial charge >= 0.3 is 0 Å². The monoisotopic (exact) mass is 190 g/mol. The first kappa shape index (κ1) is 7.29. The molecule has 1 rings (SSSR count). The first-order valence-electron chi connectivity index (χ1n) is 3.24. The van der Waals surface area contributed by atoms with Crippen LogP contribution in [0.4, 0.5) is 0 Å². The molecule has 1 unspecified atom stereocenters. The Kier molecular flexibility index (Phi) is 3.30. The summed E-state index contributed by atoms with van der Waals surface area (Å²) in [5.41, 5.74) is 0. The highest BCUT2D eigenvalue weighted by molar-refractivity contribution is 9.09. The van der Waals surface area contributed by atoms with E-state index in [2.05, 4.69) is 28.1 Å². The molecule has 0 aromatic carbocycles. The van der Waals surface area contributed by atoms with Crippen molar-refractivity contribution in [1.82, 2.24) is 0 Å². The molecule has 0 N–H and O–H groups in total. The molecule has 0 aliphatic carbocycles. The molecule has 1 aliphatic heterocycles. The summed E-state index contributed by atoms with van der Waals surface area (Å²) in [6, 6.07) is 0. The van der Waals surface area contributed by atoms with Gasteiger partial charge in [0, 0.05) is 17.9 Å². The van der Waals surface area contributed by atoms with Gasteiger partial charge in [-0.15, -0.1) is 0 Å².